The van der Waals surface area contributed by atoms with E-state index in [1.807, 2.05) is 0 Å². The van der Waals surface area contributed by atoms with Gasteiger partial charge in [-0.25, -0.2) is 4.79 Å². The third-order valence-corrected chi connectivity index (χ3v) is 3.67. The van der Waals surface area contributed by atoms with Gasteiger partial charge in [0.25, 0.3) is 6.09 Å². The van der Waals surface area contributed by atoms with Crippen LogP contribution in [0.4, 0.5) is 4.79 Å². The summed E-state index contributed by atoms with van der Waals surface area (Å²) in [5.41, 5.74) is 0.654. The lowest BCUT2D eigenvalue weighted by Gasteiger charge is -2.46. The Balaban J connectivity index is 2.41. The molecule has 0 bridgehead atoms. The first-order valence-corrected chi connectivity index (χ1v) is 6.49. The van der Waals surface area contributed by atoms with Crippen molar-refractivity contribution < 1.29 is 24.4 Å². The molecule has 0 radical (unpaired) electrons. The molecule has 0 saturated carbocycles. The predicted molar refractivity (Wildman–Crippen MR) is 69.0 cm³/mol. The monoisotopic (exact) mass is 293 g/mol. The Hall–Kier alpha value is -2.48. The molecule has 1 amide bonds. The molecule has 1 aliphatic heterocycles. The average Bonchev–Trinajstić information content (AvgIpc) is 2.47. The fraction of sp³-hybridized carbons (Fsp3) is 0.385. The number of nitrogens with zero attached hydrogens (tertiary/aromatic N) is 3. The van der Waals surface area contributed by atoms with E-state index in [4.69, 9.17) is 5.11 Å². The molecule has 0 aliphatic carbocycles. The van der Waals surface area contributed by atoms with E-state index in [0.717, 1.165) is 0 Å². The number of carboxylic acids is 1. The van der Waals surface area contributed by atoms with E-state index in [1.165, 1.54) is 0 Å². The lowest BCUT2D eigenvalue weighted by Crippen LogP contribution is -2.71. The molecule has 8 heteroatoms. The Kier molecular flexibility index (Phi) is 4.18. The van der Waals surface area contributed by atoms with Crippen LogP contribution in [0.2, 0.25) is 0 Å². The molecule has 1 aromatic carbocycles. The highest BCUT2D eigenvalue weighted by Crippen LogP contribution is 2.29. The lowest BCUT2D eigenvalue weighted by molar-refractivity contribution is -1.01. The molecule has 1 N–H and O–H groups in total. The van der Waals surface area contributed by atoms with Crippen LogP contribution in [0.5, 0.6) is 0 Å². The Labute approximate surface area is 120 Å². The third kappa shape index (κ3) is 2.70. The van der Waals surface area contributed by atoms with Crippen LogP contribution < -0.4 is 5.11 Å². The number of carbonyl (C=O) groups excluding carboxylic acids is 1. The minimum Gasteiger partial charge on any atom is -0.496 e. The van der Waals surface area contributed by atoms with Crippen molar-refractivity contribution >= 4 is 12.1 Å². The van der Waals surface area contributed by atoms with Gasteiger partial charge in [-0.3, -0.25) is 0 Å². The molecule has 1 heterocycles. The van der Waals surface area contributed by atoms with Crippen LogP contribution in [-0.2, 0) is 11.3 Å². The third-order valence-electron chi connectivity index (χ3n) is 3.67. The molecule has 1 fully saturated rings. The van der Waals surface area contributed by atoms with Gasteiger partial charge in [0.1, 0.15) is 18.4 Å². The topological polar surface area (TPSA) is 110 Å². The zero-order valence-electron chi connectivity index (χ0n) is 11.2. The van der Waals surface area contributed by atoms with Crippen molar-refractivity contribution in [2.45, 2.75) is 25.4 Å². The van der Waals surface area contributed by atoms with E-state index in [1.54, 1.807) is 30.3 Å². The predicted octanol–water partition coefficient (Wildman–Crippen LogP) is 0.492. The summed E-state index contributed by atoms with van der Waals surface area (Å²) in [4.78, 5) is 34.0. The number of rotatable bonds is 4. The van der Waals surface area contributed by atoms with Crippen molar-refractivity contribution in [2.75, 3.05) is 6.54 Å². The number of aliphatic carboxylic acids is 1. The standard InChI is InChI=1S/C13H15N3O5/c17-12(18)11-7-4-8-16(13(19)20,15(11)14-21)9-10-5-2-1-3-6-10/h1-3,5-6,11H,4,7-9H2,(H-,17,18,19,20)/t11-,16?/m0/s1. The van der Waals surface area contributed by atoms with Gasteiger partial charge in [0.2, 0.25) is 0 Å². The quantitative estimate of drug-likeness (QED) is 0.639. The Morgan fingerprint density at radius 3 is 2.57 bits per heavy atom. The second kappa shape index (κ2) is 5.88. The molecule has 2 atom stereocenters. The molecular weight excluding hydrogens is 278 g/mol. The normalized spacial score (nSPS) is 25.3. The first-order valence-electron chi connectivity index (χ1n) is 6.49. The molecule has 1 unspecified atom stereocenters. The Bertz CT molecular complexity index is 550. The van der Waals surface area contributed by atoms with Gasteiger partial charge in [-0.05, 0) is 6.42 Å². The molecule has 1 aliphatic rings. The number of carboxylic acid groups (broad SMARTS) is 2. The highest BCUT2D eigenvalue weighted by molar-refractivity contribution is 5.73. The number of quaternary nitrogens is 1. The zero-order chi connectivity index (χ0) is 15.5. The smallest absolute Gasteiger partial charge is 0.334 e. The molecule has 112 valence electrons. The van der Waals surface area contributed by atoms with Gasteiger partial charge in [-0.1, -0.05) is 35.4 Å². The first-order chi connectivity index (χ1) is 10.0. The first kappa shape index (κ1) is 14.9. The summed E-state index contributed by atoms with van der Waals surface area (Å²) in [5.74, 6) is -1.27. The number of amides is 1. The van der Waals surface area contributed by atoms with Gasteiger partial charge in [-0.2, -0.15) is 0 Å². The molecule has 0 spiro atoms. The fourth-order valence-corrected chi connectivity index (χ4v) is 2.66. The molecule has 0 aromatic heterocycles. The second-order valence-electron chi connectivity index (χ2n) is 4.95. The summed E-state index contributed by atoms with van der Waals surface area (Å²) in [6.07, 6.45) is -1.02. The SMILES string of the molecule is O=NN1[C@H](C(=O)O)CCC[N+]1(Cc1ccccc1)C(=O)[O-]. The number of hydrogen-bond acceptors (Lipinski definition) is 5. The maximum absolute atomic E-state index is 11.6. The highest BCUT2D eigenvalue weighted by Gasteiger charge is 2.49. The van der Waals surface area contributed by atoms with E-state index < -0.39 is 22.7 Å². The maximum atomic E-state index is 11.6. The zero-order valence-corrected chi connectivity index (χ0v) is 11.2. The van der Waals surface area contributed by atoms with E-state index in [-0.39, 0.29) is 19.5 Å². The molecular formula is C13H15N3O5. The van der Waals surface area contributed by atoms with Crippen molar-refractivity contribution in [2.24, 2.45) is 5.29 Å². The van der Waals surface area contributed by atoms with Crippen LogP contribution in [0.25, 0.3) is 0 Å². The summed E-state index contributed by atoms with van der Waals surface area (Å²) < 4.78 is -0.926. The maximum Gasteiger partial charge on any atom is 0.334 e. The molecule has 21 heavy (non-hydrogen) atoms. The summed E-state index contributed by atoms with van der Waals surface area (Å²) in [6.45, 7) is -0.0224. The fourth-order valence-electron chi connectivity index (χ4n) is 2.66. The van der Waals surface area contributed by atoms with Crippen LogP contribution >= 0.6 is 0 Å². The highest BCUT2D eigenvalue weighted by atomic mass is 16.4. The van der Waals surface area contributed by atoms with Crippen LogP contribution in [0.3, 0.4) is 0 Å². The number of benzene rings is 1. The molecule has 1 aromatic rings. The van der Waals surface area contributed by atoms with Gasteiger partial charge in [-0.15, -0.1) is 9.50 Å². The van der Waals surface area contributed by atoms with E-state index in [9.17, 15) is 19.6 Å². The molecule has 8 nitrogen and oxygen atoms in total. The van der Waals surface area contributed by atoms with E-state index in [2.05, 4.69) is 5.29 Å². The average molecular weight is 293 g/mol. The van der Waals surface area contributed by atoms with Gasteiger partial charge in [0.05, 0.1) is 0 Å². The summed E-state index contributed by atoms with van der Waals surface area (Å²) in [7, 11) is 0. The minimum atomic E-state index is -1.54. The number of nitroso groups, excluding NO2 is 1. The van der Waals surface area contributed by atoms with Crippen molar-refractivity contribution in [1.29, 1.82) is 0 Å². The Morgan fingerprint density at radius 2 is 2.05 bits per heavy atom. The van der Waals surface area contributed by atoms with Gasteiger partial charge in [0, 0.05) is 12.0 Å². The molecule has 1 saturated heterocycles. The van der Waals surface area contributed by atoms with E-state index in [0.29, 0.717) is 17.1 Å². The van der Waals surface area contributed by atoms with E-state index >= 15 is 0 Å². The van der Waals surface area contributed by atoms with Crippen molar-refractivity contribution in [1.82, 2.24) is 5.12 Å². The minimum absolute atomic E-state index is 0.0622. The number of carbonyl (C=O) groups is 2. The summed E-state index contributed by atoms with van der Waals surface area (Å²) in [6, 6.07) is 7.39. The largest absolute Gasteiger partial charge is 0.496 e. The van der Waals surface area contributed by atoms with Gasteiger partial charge >= 0.3 is 5.97 Å². The molecule has 2 rings (SSSR count). The van der Waals surface area contributed by atoms with Crippen LogP contribution in [0, 0.1) is 4.91 Å². The van der Waals surface area contributed by atoms with Gasteiger partial charge < -0.3 is 15.0 Å². The Morgan fingerprint density at radius 1 is 1.38 bits per heavy atom. The van der Waals surface area contributed by atoms with Crippen molar-refractivity contribution in [3.05, 3.63) is 40.8 Å². The summed E-state index contributed by atoms with van der Waals surface area (Å²) in [5, 5.41) is 24.1. The van der Waals surface area contributed by atoms with Crippen molar-refractivity contribution in [3.8, 4) is 0 Å². The second-order valence-corrected chi connectivity index (χ2v) is 4.95. The summed E-state index contributed by atoms with van der Waals surface area (Å²) >= 11 is 0. The number of hydrogen-bond donors (Lipinski definition) is 1. The van der Waals surface area contributed by atoms with Crippen LogP contribution in [0.15, 0.2) is 35.6 Å². The lowest BCUT2D eigenvalue weighted by atomic mass is 10.1. The van der Waals surface area contributed by atoms with Crippen LogP contribution in [-0.4, -0.2) is 39.5 Å². The van der Waals surface area contributed by atoms with Crippen molar-refractivity contribution in [3.63, 3.8) is 0 Å². The van der Waals surface area contributed by atoms with Crippen LogP contribution in [0.1, 0.15) is 18.4 Å². The van der Waals surface area contributed by atoms with Gasteiger partial charge in [0.15, 0.2) is 6.04 Å².